The fraction of sp³-hybridized carbons (Fsp3) is 0.176. The molecular formula is C17H16ClNO3. The molecule has 1 amide bonds. The van der Waals surface area contributed by atoms with Crippen LogP contribution in [0.15, 0.2) is 54.6 Å². The molecule has 1 unspecified atom stereocenters. The van der Waals surface area contributed by atoms with Crippen LogP contribution in [0, 0.1) is 0 Å². The molecule has 1 N–H and O–H groups in total. The van der Waals surface area contributed by atoms with Gasteiger partial charge in [0, 0.05) is 17.0 Å². The summed E-state index contributed by atoms with van der Waals surface area (Å²) in [7, 11) is 1.29. The van der Waals surface area contributed by atoms with E-state index in [1.807, 2.05) is 12.1 Å². The van der Waals surface area contributed by atoms with Gasteiger partial charge in [0.1, 0.15) is 6.04 Å². The molecule has 0 fully saturated rings. The van der Waals surface area contributed by atoms with Gasteiger partial charge < -0.3 is 10.1 Å². The van der Waals surface area contributed by atoms with Gasteiger partial charge >= 0.3 is 5.97 Å². The third-order valence-corrected chi connectivity index (χ3v) is 3.39. The summed E-state index contributed by atoms with van der Waals surface area (Å²) in [5.41, 5.74) is 1.33. The quantitative estimate of drug-likeness (QED) is 0.863. The number of hydrogen-bond acceptors (Lipinski definition) is 3. The van der Waals surface area contributed by atoms with E-state index in [9.17, 15) is 9.59 Å². The van der Waals surface area contributed by atoms with E-state index in [-0.39, 0.29) is 5.91 Å². The van der Waals surface area contributed by atoms with Gasteiger partial charge in [-0.15, -0.1) is 0 Å². The Kier molecular flexibility index (Phi) is 5.55. The lowest BCUT2D eigenvalue weighted by Gasteiger charge is -2.16. The van der Waals surface area contributed by atoms with Gasteiger partial charge in [0.2, 0.25) is 0 Å². The van der Waals surface area contributed by atoms with Crippen LogP contribution in [0.3, 0.4) is 0 Å². The predicted octanol–water partition coefficient (Wildman–Crippen LogP) is 2.85. The molecule has 2 aromatic rings. The molecule has 0 saturated carbocycles. The van der Waals surface area contributed by atoms with Crippen LogP contribution < -0.4 is 5.32 Å². The van der Waals surface area contributed by atoms with Crippen LogP contribution in [0.2, 0.25) is 5.02 Å². The minimum Gasteiger partial charge on any atom is -0.467 e. The maximum absolute atomic E-state index is 12.2. The molecular weight excluding hydrogens is 302 g/mol. The van der Waals surface area contributed by atoms with Gasteiger partial charge in [0.15, 0.2) is 0 Å². The fourth-order valence-corrected chi connectivity index (χ4v) is 2.28. The highest BCUT2D eigenvalue weighted by Crippen LogP contribution is 2.13. The molecule has 0 aliphatic heterocycles. The molecule has 0 aromatic heterocycles. The van der Waals surface area contributed by atoms with Crippen molar-refractivity contribution in [2.75, 3.05) is 7.11 Å². The number of halogens is 1. The Bertz CT molecular complexity index is 658. The van der Waals surface area contributed by atoms with Crippen LogP contribution in [-0.4, -0.2) is 25.0 Å². The minimum absolute atomic E-state index is 0.311. The van der Waals surface area contributed by atoms with Gasteiger partial charge in [-0.25, -0.2) is 4.79 Å². The molecule has 0 aliphatic carbocycles. The van der Waals surface area contributed by atoms with Crippen LogP contribution in [0.5, 0.6) is 0 Å². The van der Waals surface area contributed by atoms with Gasteiger partial charge in [-0.1, -0.05) is 41.9 Å². The van der Waals surface area contributed by atoms with Gasteiger partial charge in [-0.2, -0.15) is 0 Å². The zero-order chi connectivity index (χ0) is 15.9. The van der Waals surface area contributed by atoms with E-state index >= 15 is 0 Å². The van der Waals surface area contributed by atoms with E-state index in [4.69, 9.17) is 16.3 Å². The third kappa shape index (κ3) is 4.33. The minimum atomic E-state index is -0.767. The summed E-state index contributed by atoms with van der Waals surface area (Å²) in [5, 5.41) is 3.27. The average Bonchev–Trinajstić information content (AvgIpc) is 2.54. The van der Waals surface area contributed by atoms with Crippen molar-refractivity contribution in [1.29, 1.82) is 0 Å². The van der Waals surface area contributed by atoms with Gasteiger partial charge in [-0.3, -0.25) is 4.79 Å². The van der Waals surface area contributed by atoms with Crippen molar-refractivity contribution in [3.63, 3.8) is 0 Å². The number of nitrogens with one attached hydrogen (secondary N) is 1. The number of hydrogen-bond donors (Lipinski definition) is 1. The second-order valence-electron chi connectivity index (χ2n) is 4.75. The van der Waals surface area contributed by atoms with Crippen molar-refractivity contribution in [3.8, 4) is 0 Å². The Balaban J connectivity index is 2.13. The molecule has 5 heteroatoms. The van der Waals surface area contributed by atoms with E-state index in [2.05, 4.69) is 5.32 Å². The number of benzene rings is 2. The summed E-state index contributed by atoms with van der Waals surface area (Å²) in [6.07, 6.45) is 0.311. The topological polar surface area (TPSA) is 55.4 Å². The average molecular weight is 318 g/mol. The van der Waals surface area contributed by atoms with Crippen molar-refractivity contribution >= 4 is 23.5 Å². The van der Waals surface area contributed by atoms with Crippen LogP contribution in [0.4, 0.5) is 0 Å². The Morgan fingerprint density at radius 1 is 1.14 bits per heavy atom. The monoisotopic (exact) mass is 317 g/mol. The standard InChI is InChI=1S/C17H16ClNO3/c1-22-17(21)15(11-12-6-5-9-14(18)10-12)19-16(20)13-7-3-2-4-8-13/h2-10,15H,11H2,1H3,(H,19,20). The second kappa shape index (κ2) is 7.61. The van der Waals surface area contributed by atoms with Crippen molar-refractivity contribution < 1.29 is 14.3 Å². The maximum atomic E-state index is 12.2. The molecule has 4 nitrogen and oxygen atoms in total. The smallest absolute Gasteiger partial charge is 0.328 e. The third-order valence-electron chi connectivity index (χ3n) is 3.16. The number of methoxy groups -OCH3 is 1. The second-order valence-corrected chi connectivity index (χ2v) is 5.19. The molecule has 1 atom stereocenters. The molecule has 0 heterocycles. The Morgan fingerprint density at radius 2 is 1.86 bits per heavy atom. The molecule has 22 heavy (non-hydrogen) atoms. The largest absolute Gasteiger partial charge is 0.467 e. The molecule has 114 valence electrons. The highest BCUT2D eigenvalue weighted by atomic mass is 35.5. The number of rotatable bonds is 5. The van der Waals surface area contributed by atoms with Crippen LogP contribution in [-0.2, 0) is 16.0 Å². The zero-order valence-electron chi connectivity index (χ0n) is 12.1. The molecule has 0 aliphatic rings. The number of carbonyl (C=O) groups is 2. The lowest BCUT2D eigenvalue weighted by molar-refractivity contribution is -0.142. The summed E-state index contributed by atoms with van der Waals surface area (Å²) in [6.45, 7) is 0. The van der Waals surface area contributed by atoms with Crippen molar-refractivity contribution in [3.05, 3.63) is 70.7 Å². The Morgan fingerprint density at radius 3 is 2.50 bits per heavy atom. The number of ether oxygens (including phenoxy) is 1. The lowest BCUT2D eigenvalue weighted by Crippen LogP contribution is -2.43. The number of carbonyl (C=O) groups excluding carboxylic acids is 2. The van der Waals surface area contributed by atoms with Gasteiger partial charge in [-0.05, 0) is 29.8 Å². The van der Waals surface area contributed by atoms with Crippen molar-refractivity contribution in [2.45, 2.75) is 12.5 Å². The van der Waals surface area contributed by atoms with E-state index < -0.39 is 12.0 Å². The Labute approximate surface area is 134 Å². The molecule has 0 bridgehead atoms. The summed E-state index contributed by atoms with van der Waals surface area (Å²) < 4.78 is 4.76. The van der Waals surface area contributed by atoms with Gasteiger partial charge in [0.25, 0.3) is 5.91 Å². The summed E-state index contributed by atoms with van der Waals surface area (Å²) in [6, 6.07) is 15.1. The summed E-state index contributed by atoms with van der Waals surface area (Å²) in [5.74, 6) is -0.817. The first-order valence-corrected chi connectivity index (χ1v) is 7.16. The van der Waals surface area contributed by atoms with E-state index in [1.165, 1.54) is 7.11 Å². The molecule has 2 rings (SSSR count). The lowest BCUT2D eigenvalue weighted by atomic mass is 10.1. The van der Waals surface area contributed by atoms with Crippen LogP contribution in [0.1, 0.15) is 15.9 Å². The van der Waals surface area contributed by atoms with Crippen molar-refractivity contribution in [1.82, 2.24) is 5.32 Å². The first-order chi connectivity index (χ1) is 10.6. The first-order valence-electron chi connectivity index (χ1n) is 6.78. The SMILES string of the molecule is COC(=O)C(Cc1cccc(Cl)c1)NC(=O)c1ccccc1. The van der Waals surface area contributed by atoms with E-state index in [0.29, 0.717) is 17.0 Å². The summed E-state index contributed by atoms with van der Waals surface area (Å²) in [4.78, 5) is 24.1. The molecule has 0 radical (unpaired) electrons. The molecule has 0 saturated heterocycles. The predicted molar refractivity (Wildman–Crippen MR) is 84.9 cm³/mol. The highest BCUT2D eigenvalue weighted by molar-refractivity contribution is 6.30. The number of esters is 1. The zero-order valence-corrected chi connectivity index (χ0v) is 12.8. The summed E-state index contributed by atoms with van der Waals surface area (Å²) >= 11 is 5.94. The van der Waals surface area contributed by atoms with Crippen LogP contribution in [0.25, 0.3) is 0 Å². The normalized spacial score (nSPS) is 11.5. The van der Waals surface area contributed by atoms with Crippen LogP contribution >= 0.6 is 11.6 Å². The molecule has 2 aromatic carbocycles. The van der Waals surface area contributed by atoms with Crippen molar-refractivity contribution in [2.24, 2.45) is 0 Å². The van der Waals surface area contributed by atoms with Gasteiger partial charge in [0.05, 0.1) is 7.11 Å². The first kappa shape index (κ1) is 16.0. The highest BCUT2D eigenvalue weighted by Gasteiger charge is 2.22. The van der Waals surface area contributed by atoms with E-state index in [1.54, 1.807) is 42.5 Å². The Hall–Kier alpha value is -2.33. The number of amides is 1. The molecule has 0 spiro atoms. The fourth-order valence-electron chi connectivity index (χ4n) is 2.07. The maximum Gasteiger partial charge on any atom is 0.328 e. The van der Waals surface area contributed by atoms with E-state index in [0.717, 1.165) is 5.56 Å².